The molecule has 21 heavy (non-hydrogen) atoms. The normalized spacial score (nSPS) is 10.3. The number of pyridine rings is 1. The van der Waals surface area contributed by atoms with Gasteiger partial charge in [-0.25, -0.2) is 4.98 Å². The third kappa shape index (κ3) is 3.95. The van der Waals surface area contributed by atoms with Gasteiger partial charge in [0.1, 0.15) is 11.0 Å². The molecule has 4 nitrogen and oxygen atoms in total. The predicted molar refractivity (Wildman–Crippen MR) is 90.2 cm³/mol. The predicted octanol–water partition coefficient (Wildman–Crippen LogP) is 4.49. The molecule has 0 unspecified atom stereocenters. The van der Waals surface area contributed by atoms with Crippen molar-refractivity contribution in [1.29, 1.82) is 0 Å². The molecular formula is C15H15BrClN3O. The number of carbonyl (C=O) groups is 1. The van der Waals surface area contributed by atoms with Crippen LogP contribution in [0.2, 0.25) is 5.15 Å². The lowest BCUT2D eigenvalue weighted by Gasteiger charge is -2.10. The summed E-state index contributed by atoms with van der Waals surface area (Å²) in [5.74, 6) is 0.350. The van der Waals surface area contributed by atoms with E-state index in [1.54, 1.807) is 12.1 Å². The third-order valence-electron chi connectivity index (χ3n) is 2.85. The molecule has 0 aliphatic heterocycles. The summed E-state index contributed by atoms with van der Waals surface area (Å²) in [7, 11) is 0. The van der Waals surface area contributed by atoms with E-state index in [9.17, 15) is 4.79 Å². The Morgan fingerprint density at radius 1 is 1.38 bits per heavy atom. The summed E-state index contributed by atoms with van der Waals surface area (Å²) in [5, 5.41) is 6.19. The number of aryl methyl sites for hydroxylation is 1. The molecule has 2 N–H and O–H groups in total. The number of hydrogen-bond donors (Lipinski definition) is 2. The molecule has 0 bridgehead atoms. The second-order valence-corrected chi connectivity index (χ2v) is 5.66. The molecule has 0 saturated heterocycles. The molecular weight excluding hydrogens is 354 g/mol. The van der Waals surface area contributed by atoms with Crippen LogP contribution in [0.25, 0.3) is 0 Å². The molecule has 0 atom stereocenters. The van der Waals surface area contributed by atoms with Gasteiger partial charge in [0.15, 0.2) is 0 Å². The summed E-state index contributed by atoms with van der Waals surface area (Å²) in [6, 6.07) is 8.91. The first-order valence-corrected chi connectivity index (χ1v) is 7.66. The van der Waals surface area contributed by atoms with Gasteiger partial charge in [-0.15, -0.1) is 0 Å². The maximum absolute atomic E-state index is 12.3. The van der Waals surface area contributed by atoms with Crippen LogP contribution in [0, 0.1) is 6.92 Å². The highest BCUT2D eigenvalue weighted by Gasteiger charge is 2.11. The molecule has 1 aromatic carbocycles. The minimum Gasteiger partial charge on any atom is -0.370 e. The Morgan fingerprint density at radius 3 is 2.86 bits per heavy atom. The molecule has 0 fully saturated rings. The number of nitrogens with one attached hydrogen (secondary N) is 2. The van der Waals surface area contributed by atoms with E-state index >= 15 is 0 Å². The molecule has 0 aliphatic rings. The Balaban J connectivity index is 2.26. The number of amides is 1. The first kappa shape index (κ1) is 15.8. The zero-order valence-electron chi connectivity index (χ0n) is 11.7. The summed E-state index contributed by atoms with van der Waals surface area (Å²) >= 11 is 9.42. The van der Waals surface area contributed by atoms with Crippen LogP contribution in [-0.4, -0.2) is 17.4 Å². The number of halogens is 2. The van der Waals surface area contributed by atoms with Crippen LogP contribution >= 0.6 is 27.5 Å². The van der Waals surface area contributed by atoms with Gasteiger partial charge >= 0.3 is 0 Å². The average Bonchev–Trinajstić information content (AvgIpc) is 2.43. The molecule has 0 spiro atoms. The van der Waals surface area contributed by atoms with E-state index < -0.39 is 0 Å². The smallest absolute Gasteiger partial charge is 0.255 e. The molecule has 6 heteroatoms. The number of aromatic nitrogens is 1. The molecule has 0 saturated carbocycles. The second-order valence-electron chi connectivity index (χ2n) is 4.48. The number of rotatable bonds is 4. The Morgan fingerprint density at radius 2 is 2.14 bits per heavy atom. The van der Waals surface area contributed by atoms with E-state index in [-0.39, 0.29) is 11.1 Å². The SMILES string of the molecule is CCNc1cc(C(=O)Nc2cccc(C)c2Br)cc(Cl)n1. The molecule has 0 radical (unpaired) electrons. The Kier molecular flexibility index (Phi) is 5.20. The minimum atomic E-state index is -0.232. The summed E-state index contributed by atoms with van der Waals surface area (Å²) in [5.41, 5.74) is 2.23. The van der Waals surface area contributed by atoms with Crippen molar-refractivity contribution < 1.29 is 4.79 Å². The van der Waals surface area contributed by atoms with Crippen LogP contribution in [-0.2, 0) is 0 Å². The third-order valence-corrected chi connectivity index (χ3v) is 4.10. The van der Waals surface area contributed by atoms with Crippen molar-refractivity contribution in [2.45, 2.75) is 13.8 Å². The minimum absolute atomic E-state index is 0.232. The fourth-order valence-electron chi connectivity index (χ4n) is 1.84. The van der Waals surface area contributed by atoms with Crippen LogP contribution in [0.15, 0.2) is 34.8 Å². The molecule has 1 aromatic heterocycles. The highest BCUT2D eigenvalue weighted by atomic mass is 79.9. The van der Waals surface area contributed by atoms with Crippen molar-refractivity contribution in [3.63, 3.8) is 0 Å². The van der Waals surface area contributed by atoms with Crippen LogP contribution in [0.5, 0.6) is 0 Å². The van der Waals surface area contributed by atoms with Crippen molar-refractivity contribution in [3.05, 3.63) is 51.1 Å². The largest absolute Gasteiger partial charge is 0.370 e. The summed E-state index contributed by atoms with van der Waals surface area (Å²) in [6.45, 7) is 4.62. The fourth-order valence-corrected chi connectivity index (χ4v) is 2.41. The Hall–Kier alpha value is -1.59. The Bertz CT molecular complexity index is 676. The van der Waals surface area contributed by atoms with E-state index in [1.165, 1.54) is 0 Å². The van der Waals surface area contributed by atoms with Gasteiger partial charge in [0.25, 0.3) is 5.91 Å². The van der Waals surface area contributed by atoms with Crippen molar-refractivity contribution in [1.82, 2.24) is 4.98 Å². The van der Waals surface area contributed by atoms with Crippen molar-refractivity contribution in [2.24, 2.45) is 0 Å². The standard InChI is InChI=1S/C15H15BrClN3O/c1-3-18-13-8-10(7-12(17)20-13)15(21)19-11-6-4-5-9(2)14(11)16/h4-8H,3H2,1-2H3,(H,18,20)(H,19,21). The lowest BCUT2D eigenvalue weighted by molar-refractivity contribution is 0.102. The highest BCUT2D eigenvalue weighted by molar-refractivity contribution is 9.10. The Labute approximate surface area is 137 Å². The topological polar surface area (TPSA) is 54.0 Å². The lowest BCUT2D eigenvalue weighted by Crippen LogP contribution is -2.13. The zero-order valence-corrected chi connectivity index (χ0v) is 14.0. The van der Waals surface area contributed by atoms with Crippen molar-refractivity contribution in [3.8, 4) is 0 Å². The van der Waals surface area contributed by atoms with E-state index in [0.717, 1.165) is 15.7 Å². The maximum Gasteiger partial charge on any atom is 0.255 e. The number of carbonyl (C=O) groups excluding carboxylic acids is 1. The molecule has 110 valence electrons. The second kappa shape index (κ2) is 6.91. The summed E-state index contributed by atoms with van der Waals surface area (Å²) in [4.78, 5) is 16.4. The first-order chi connectivity index (χ1) is 10.0. The van der Waals surface area contributed by atoms with Crippen molar-refractivity contribution in [2.75, 3.05) is 17.2 Å². The van der Waals surface area contributed by atoms with Crippen LogP contribution in [0.4, 0.5) is 11.5 Å². The number of hydrogen-bond acceptors (Lipinski definition) is 3. The van der Waals surface area contributed by atoms with Gasteiger partial charge < -0.3 is 10.6 Å². The molecule has 1 amide bonds. The van der Waals surface area contributed by atoms with E-state index in [0.29, 0.717) is 17.9 Å². The molecule has 2 aromatic rings. The van der Waals surface area contributed by atoms with Gasteiger partial charge in [0.05, 0.1) is 5.69 Å². The molecule has 1 heterocycles. The van der Waals surface area contributed by atoms with E-state index in [4.69, 9.17) is 11.6 Å². The number of benzene rings is 1. The van der Waals surface area contributed by atoms with Gasteiger partial charge in [0, 0.05) is 16.6 Å². The van der Waals surface area contributed by atoms with E-state index in [1.807, 2.05) is 32.0 Å². The van der Waals surface area contributed by atoms with Crippen molar-refractivity contribution >= 4 is 44.9 Å². The van der Waals surface area contributed by atoms with Gasteiger partial charge in [-0.05, 0) is 53.5 Å². The summed E-state index contributed by atoms with van der Waals surface area (Å²) in [6.07, 6.45) is 0. The lowest BCUT2D eigenvalue weighted by atomic mass is 10.2. The quantitative estimate of drug-likeness (QED) is 0.782. The average molecular weight is 369 g/mol. The van der Waals surface area contributed by atoms with E-state index in [2.05, 4.69) is 31.5 Å². The maximum atomic E-state index is 12.3. The highest BCUT2D eigenvalue weighted by Crippen LogP contribution is 2.26. The zero-order chi connectivity index (χ0) is 15.4. The number of nitrogens with zero attached hydrogens (tertiary/aromatic N) is 1. The van der Waals surface area contributed by atoms with Crippen LogP contribution in [0.1, 0.15) is 22.8 Å². The van der Waals surface area contributed by atoms with Gasteiger partial charge in [-0.2, -0.15) is 0 Å². The summed E-state index contributed by atoms with van der Waals surface area (Å²) < 4.78 is 0.866. The molecule has 0 aliphatic carbocycles. The van der Waals surface area contributed by atoms with Gasteiger partial charge in [-0.3, -0.25) is 4.79 Å². The monoisotopic (exact) mass is 367 g/mol. The van der Waals surface area contributed by atoms with Gasteiger partial charge in [-0.1, -0.05) is 23.7 Å². The molecule has 2 rings (SSSR count). The van der Waals surface area contributed by atoms with Crippen LogP contribution in [0.3, 0.4) is 0 Å². The van der Waals surface area contributed by atoms with Gasteiger partial charge in [0.2, 0.25) is 0 Å². The first-order valence-electron chi connectivity index (χ1n) is 6.49. The fraction of sp³-hybridized carbons (Fsp3) is 0.200. The number of anilines is 2. The van der Waals surface area contributed by atoms with Crippen LogP contribution < -0.4 is 10.6 Å².